The third-order valence-electron chi connectivity index (χ3n) is 4.04. The topological polar surface area (TPSA) is 60.5 Å². The predicted octanol–water partition coefficient (Wildman–Crippen LogP) is 4.84. The lowest BCUT2D eigenvalue weighted by Gasteiger charge is -2.08. The number of nitrogens with one attached hydrogen (secondary N) is 1. The smallest absolute Gasteiger partial charge is 0.224 e. The number of anilines is 1. The highest BCUT2D eigenvalue weighted by Gasteiger charge is 2.04. The van der Waals surface area contributed by atoms with E-state index in [1.807, 2.05) is 60.7 Å². The van der Waals surface area contributed by atoms with Gasteiger partial charge in [0.2, 0.25) is 5.91 Å². The summed E-state index contributed by atoms with van der Waals surface area (Å²) in [6.45, 7) is 0. The molecule has 0 aliphatic carbocycles. The molecule has 0 aliphatic heterocycles. The molecule has 27 heavy (non-hydrogen) atoms. The molecule has 1 aromatic heterocycles. The summed E-state index contributed by atoms with van der Waals surface area (Å²) in [5.74, 6) is 2.21. The van der Waals surface area contributed by atoms with E-state index in [4.69, 9.17) is 9.47 Å². The number of carbonyl (C=O) groups excluding carboxylic acids is 1. The number of benzene rings is 2. The van der Waals surface area contributed by atoms with Gasteiger partial charge in [-0.05, 0) is 66.9 Å². The second-order valence-electron chi connectivity index (χ2n) is 6.06. The molecule has 0 fully saturated rings. The monoisotopic (exact) mass is 362 g/mol. The maximum absolute atomic E-state index is 12.1. The number of carbonyl (C=O) groups is 1. The van der Waals surface area contributed by atoms with E-state index < -0.39 is 0 Å². The van der Waals surface area contributed by atoms with Crippen molar-refractivity contribution in [3.05, 3.63) is 78.6 Å². The van der Waals surface area contributed by atoms with Crippen molar-refractivity contribution in [3.63, 3.8) is 0 Å². The highest BCUT2D eigenvalue weighted by atomic mass is 16.5. The molecule has 138 valence electrons. The molecular weight excluding hydrogens is 340 g/mol. The molecule has 1 amide bonds. The third kappa shape index (κ3) is 5.85. The Morgan fingerprint density at radius 2 is 1.70 bits per heavy atom. The SMILES string of the molecule is COc1ccc(CCCC(=O)Nc2ccc(Oc3cccnc3)cc2)cc1. The fourth-order valence-electron chi connectivity index (χ4n) is 2.62. The van der Waals surface area contributed by atoms with Gasteiger partial charge >= 0.3 is 0 Å². The molecule has 0 saturated heterocycles. The highest BCUT2D eigenvalue weighted by molar-refractivity contribution is 5.90. The van der Waals surface area contributed by atoms with E-state index in [-0.39, 0.29) is 5.91 Å². The van der Waals surface area contributed by atoms with Gasteiger partial charge in [-0.2, -0.15) is 0 Å². The molecule has 1 heterocycles. The Bertz CT molecular complexity index is 847. The van der Waals surface area contributed by atoms with Crippen LogP contribution < -0.4 is 14.8 Å². The summed E-state index contributed by atoms with van der Waals surface area (Å²) in [5.41, 5.74) is 1.95. The van der Waals surface area contributed by atoms with Gasteiger partial charge in [0, 0.05) is 18.3 Å². The van der Waals surface area contributed by atoms with Crippen LogP contribution in [0.1, 0.15) is 18.4 Å². The summed E-state index contributed by atoms with van der Waals surface area (Å²) in [6, 6.07) is 18.9. The van der Waals surface area contributed by atoms with Crippen LogP contribution in [0.25, 0.3) is 0 Å². The number of amides is 1. The molecule has 0 aliphatic rings. The first-order valence-electron chi connectivity index (χ1n) is 8.84. The highest BCUT2D eigenvalue weighted by Crippen LogP contribution is 2.22. The zero-order valence-corrected chi connectivity index (χ0v) is 15.2. The Kier molecular flexibility index (Phi) is 6.41. The first-order chi connectivity index (χ1) is 13.2. The molecular formula is C22H22N2O3. The average molecular weight is 362 g/mol. The van der Waals surface area contributed by atoms with Gasteiger partial charge in [0.1, 0.15) is 17.2 Å². The van der Waals surface area contributed by atoms with Gasteiger partial charge in [0.25, 0.3) is 0 Å². The third-order valence-corrected chi connectivity index (χ3v) is 4.04. The van der Waals surface area contributed by atoms with Crippen LogP contribution in [0.3, 0.4) is 0 Å². The van der Waals surface area contributed by atoms with Gasteiger partial charge in [0.15, 0.2) is 0 Å². The summed E-state index contributed by atoms with van der Waals surface area (Å²) >= 11 is 0. The summed E-state index contributed by atoms with van der Waals surface area (Å²) in [5, 5.41) is 2.91. The van der Waals surface area contributed by atoms with Crippen LogP contribution in [0.2, 0.25) is 0 Å². The standard InChI is InChI=1S/C22H22N2O3/c1-26-19-11-7-17(8-12-19)4-2-6-22(25)24-18-9-13-20(14-10-18)27-21-5-3-15-23-16-21/h3,5,7-16H,2,4,6H2,1H3,(H,24,25). The second-order valence-corrected chi connectivity index (χ2v) is 6.06. The van der Waals surface area contributed by atoms with Crippen molar-refractivity contribution >= 4 is 11.6 Å². The maximum atomic E-state index is 12.1. The summed E-state index contributed by atoms with van der Waals surface area (Å²) < 4.78 is 10.8. The van der Waals surface area contributed by atoms with E-state index in [1.165, 1.54) is 5.56 Å². The Morgan fingerprint density at radius 1 is 0.963 bits per heavy atom. The van der Waals surface area contributed by atoms with Crippen LogP contribution in [-0.2, 0) is 11.2 Å². The number of hydrogen-bond acceptors (Lipinski definition) is 4. The fourth-order valence-corrected chi connectivity index (χ4v) is 2.62. The van der Waals surface area contributed by atoms with Crippen molar-refractivity contribution in [3.8, 4) is 17.2 Å². The van der Waals surface area contributed by atoms with Gasteiger partial charge in [-0.25, -0.2) is 0 Å². The Labute approximate surface area is 159 Å². The van der Waals surface area contributed by atoms with Gasteiger partial charge < -0.3 is 14.8 Å². The molecule has 3 aromatic rings. The van der Waals surface area contributed by atoms with Crippen molar-refractivity contribution < 1.29 is 14.3 Å². The predicted molar refractivity (Wildman–Crippen MR) is 105 cm³/mol. The van der Waals surface area contributed by atoms with Crippen molar-refractivity contribution in [1.29, 1.82) is 0 Å². The average Bonchev–Trinajstić information content (AvgIpc) is 2.71. The molecule has 0 spiro atoms. The number of aromatic nitrogens is 1. The van der Waals surface area contributed by atoms with E-state index in [9.17, 15) is 4.79 Å². The lowest BCUT2D eigenvalue weighted by molar-refractivity contribution is -0.116. The fraction of sp³-hybridized carbons (Fsp3) is 0.182. The molecule has 0 radical (unpaired) electrons. The number of methoxy groups -OCH3 is 1. The number of ether oxygens (including phenoxy) is 2. The van der Waals surface area contributed by atoms with E-state index in [0.29, 0.717) is 17.9 Å². The van der Waals surface area contributed by atoms with Gasteiger partial charge in [-0.1, -0.05) is 12.1 Å². The summed E-state index contributed by atoms with van der Waals surface area (Å²) in [4.78, 5) is 16.1. The van der Waals surface area contributed by atoms with Gasteiger partial charge in [-0.15, -0.1) is 0 Å². The molecule has 5 nitrogen and oxygen atoms in total. The van der Waals surface area contributed by atoms with Crippen molar-refractivity contribution in [2.45, 2.75) is 19.3 Å². The molecule has 0 bridgehead atoms. The first-order valence-corrected chi connectivity index (χ1v) is 8.84. The van der Waals surface area contributed by atoms with E-state index in [2.05, 4.69) is 10.3 Å². The van der Waals surface area contributed by atoms with Gasteiger partial charge in [0.05, 0.1) is 13.3 Å². The molecule has 1 N–H and O–H groups in total. The number of nitrogens with zero attached hydrogens (tertiary/aromatic N) is 1. The normalized spacial score (nSPS) is 10.3. The van der Waals surface area contributed by atoms with Crippen molar-refractivity contribution in [1.82, 2.24) is 4.98 Å². The Morgan fingerprint density at radius 3 is 2.37 bits per heavy atom. The molecule has 2 aromatic carbocycles. The maximum Gasteiger partial charge on any atom is 0.224 e. The Hall–Kier alpha value is -3.34. The van der Waals surface area contributed by atoms with E-state index >= 15 is 0 Å². The minimum absolute atomic E-state index is 0.00411. The number of pyridine rings is 1. The van der Waals surface area contributed by atoms with Crippen molar-refractivity contribution in [2.75, 3.05) is 12.4 Å². The first kappa shape index (κ1) is 18.5. The van der Waals surface area contributed by atoms with E-state index in [0.717, 1.165) is 24.3 Å². The second kappa shape index (κ2) is 9.38. The molecule has 5 heteroatoms. The molecule has 0 unspecified atom stereocenters. The van der Waals surface area contributed by atoms with Crippen LogP contribution in [0.15, 0.2) is 73.1 Å². The molecule has 0 atom stereocenters. The lowest BCUT2D eigenvalue weighted by atomic mass is 10.1. The van der Waals surface area contributed by atoms with Crippen LogP contribution in [0, 0.1) is 0 Å². The lowest BCUT2D eigenvalue weighted by Crippen LogP contribution is -2.11. The zero-order valence-electron chi connectivity index (χ0n) is 15.2. The minimum atomic E-state index is 0.00411. The van der Waals surface area contributed by atoms with Crippen LogP contribution in [0.4, 0.5) is 5.69 Å². The van der Waals surface area contributed by atoms with Crippen LogP contribution >= 0.6 is 0 Å². The van der Waals surface area contributed by atoms with Gasteiger partial charge in [-0.3, -0.25) is 9.78 Å². The van der Waals surface area contributed by atoms with Crippen molar-refractivity contribution in [2.24, 2.45) is 0 Å². The Balaban J connectivity index is 1.43. The number of hydrogen-bond donors (Lipinski definition) is 1. The largest absolute Gasteiger partial charge is 0.497 e. The van der Waals surface area contributed by atoms with Crippen LogP contribution in [-0.4, -0.2) is 18.0 Å². The minimum Gasteiger partial charge on any atom is -0.497 e. The summed E-state index contributed by atoms with van der Waals surface area (Å²) in [6.07, 6.45) is 5.47. The number of aryl methyl sites for hydroxylation is 1. The molecule has 0 saturated carbocycles. The van der Waals surface area contributed by atoms with E-state index in [1.54, 1.807) is 19.5 Å². The number of rotatable bonds is 8. The molecule has 3 rings (SSSR count). The summed E-state index contributed by atoms with van der Waals surface area (Å²) in [7, 11) is 1.65. The van der Waals surface area contributed by atoms with Crippen LogP contribution in [0.5, 0.6) is 17.2 Å². The zero-order chi connectivity index (χ0) is 18.9. The quantitative estimate of drug-likeness (QED) is 0.623.